The molecule has 1 aliphatic heterocycles. The van der Waals surface area contributed by atoms with E-state index < -0.39 is 23.8 Å². The van der Waals surface area contributed by atoms with Crippen molar-refractivity contribution in [1.82, 2.24) is 0 Å². The highest BCUT2D eigenvalue weighted by atomic mass is 35.5. The van der Waals surface area contributed by atoms with Gasteiger partial charge < -0.3 is 19.5 Å². The summed E-state index contributed by atoms with van der Waals surface area (Å²) in [6.07, 6.45) is -5.17. The molecule has 1 aliphatic rings. The van der Waals surface area contributed by atoms with E-state index in [1.54, 1.807) is 18.2 Å². The van der Waals surface area contributed by atoms with Crippen LogP contribution >= 0.6 is 11.6 Å². The molecule has 28 heavy (non-hydrogen) atoms. The molecule has 0 aromatic heterocycles. The molecule has 2 aromatic rings. The average molecular weight is 416 g/mol. The largest absolute Gasteiger partial charge is 0.489 e. The molecule has 150 valence electrons. The molecule has 0 bridgehead atoms. The molecular weight excluding hydrogens is 399 g/mol. The first-order valence-corrected chi connectivity index (χ1v) is 8.74. The van der Waals surface area contributed by atoms with E-state index in [9.17, 15) is 18.0 Å². The van der Waals surface area contributed by atoms with Gasteiger partial charge in [0.15, 0.2) is 6.10 Å². The topological polar surface area (TPSA) is 56.8 Å². The van der Waals surface area contributed by atoms with Gasteiger partial charge in [-0.3, -0.25) is 4.79 Å². The molecule has 1 unspecified atom stereocenters. The molecule has 1 heterocycles. The molecule has 0 fully saturated rings. The number of rotatable bonds is 6. The molecule has 0 saturated carbocycles. The molecule has 0 aliphatic carbocycles. The van der Waals surface area contributed by atoms with E-state index in [4.69, 9.17) is 25.8 Å². The van der Waals surface area contributed by atoms with Gasteiger partial charge in [-0.25, -0.2) is 0 Å². The first kappa shape index (κ1) is 20.3. The van der Waals surface area contributed by atoms with Crippen molar-refractivity contribution >= 4 is 23.2 Å². The smallest absolute Gasteiger partial charge is 0.416 e. The molecule has 1 atom stereocenters. The Kier molecular flexibility index (Phi) is 6.00. The van der Waals surface area contributed by atoms with Crippen molar-refractivity contribution in [3.8, 4) is 11.5 Å². The maximum atomic E-state index is 13.1. The van der Waals surface area contributed by atoms with Crippen molar-refractivity contribution in [2.45, 2.75) is 18.7 Å². The van der Waals surface area contributed by atoms with Gasteiger partial charge in [0.2, 0.25) is 0 Å². The van der Waals surface area contributed by atoms with Crippen molar-refractivity contribution in [1.29, 1.82) is 0 Å². The number of alkyl halides is 3. The third-order valence-electron chi connectivity index (χ3n) is 4.10. The second-order valence-electron chi connectivity index (χ2n) is 6.10. The van der Waals surface area contributed by atoms with Gasteiger partial charge in [0.25, 0.3) is 5.91 Å². The highest BCUT2D eigenvalue weighted by Crippen LogP contribution is 2.36. The Morgan fingerprint density at radius 3 is 2.75 bits per heavy atom. The molecule has 2 aromatic carbocycles. The van der Waals surface area contributed by atoms with Crippen molar-refractivity contribution in [3.63, 3.8) is 0 Å². The van der Waals surface area contributed by atoms with Crippen molar-refractivity contribution in [2.75, 3.05) is 25.6 Å². The van der Waals surface area contributed by atoms with Crippen LogP contribution in [-0.2, 0) is 22.1 Å². The summed E-state index contributed by atoms with van der Waals surface area (Å²) < 4.78 is 55.0. The zero-order chi connectivity index (χ0) is 20.3. The van der Waals surface area contributed by atoms with E-state index >= 15 is 0 Å². The quantitative estimate of drug-likeness (QED) is 0.714. The molecule has 9 heteroatoms. The molecule has 0 spiro atoms. The average Bonchev–Trinajstić information content (AvgIpc) is 3.05. The normalized spacial score (nSPS) is 15.7. The number of benzene rings is 2. The lowest BCUT2D eigenvalue weighted by Gasteiger charge is -2.17. The minimum atomic E-state index is -4.55. The second kappa shape index (κ2) is 8.28. The maximum absolute atomic E-state index is 13.1. The number of hydrogen-bond acceptors (Lipinski definition) is 4. The lowest BCUT2D eigenvalue weighted by atomic mass is 10.1. The van der Waals surface area contributed by atoms with Crippen molar-refractivity contribution < 1.29 is 32.2 Å². The van der Waals surface area contributed by atoms with Crippen LogP contribution in [0.5, 0.6) is 11.5 Å². The van der Waals surface area contributed by atoms with E-state index in [0.29, 0.717) is 10.8 Å². The summed E-state index contributed by atoms with van der Waals surface area (Å²) in [5.74, 6) is 0.0466. The minimum absolute atomic E-state index is 0.0893. The Morgan fingerprint density at radius 1 is 1.25 bits per heavy atom. The fourth-order valence-electron chi connectivity index (χ4n) is 2.74. The van der Waals surface area contributed by atoms with E-state index in [1.165, 1.54) is 7.11 Å². The molecule has 0 saturated heterocycles. The van der Waals surface area contributed by atoms with Crippen molar-refractivity contribution in [2.24, 2.45) is 0 Å². The first-order valence-electron chi connectivity index (χ1n) is 8.37. The number of ether oxygens (including phenoxy) is 3. The number of methoxy groups -OCH3 is 1. The van der Waals surface area contributed by atoms with E-state index in [1.807, 2.05) is 0 Å². The summed E-state index contributed by atoms with van der Waals surface area (Å²) in [5, 5.41) is 2.99. The SMILES string of the molecule is COCCOc1ccc(C(F)(F)F)cc1NC(=O)C1Cc2cc(Cl)ccc2O1. The fraction of sp³-hybridized carbons (Fsp3) is 0.316. The van der Waals surface area contributed by atoms with Crippen LogP contribution in [0.1, 0.15) is 11.1 Å². The number of hydrogen-bond donors (Lipinski definition) is 1. The molecule has 1 N–H and O–H groups in total. The zero-order valence-electron chi connectivity index (χ0n) is 14.8. The monoisotopic (exact) mass is 415 g/mol. The van der Waals surface area contributed by atoms with Crippen LogP contribution in [0.25, 0.3) is 0 Å². The van der Waals surface area contributed by atoms with Gasteiger partial charge in [-0.05, 0) is 42.0 Å². The van der Waals surface area contributed by atoms with Gasteiger partial charge in [0.05, 0.1) is 17.9 Å². The van der Waals surface area contributed by atoms with Crippen LogP contribution in [0.3, 0.4) is 0 Å². The second-order valence-corrected chi connectivity index (χ2v) is 6.54. The number of carbonyl (C=O) groups is 1. The van der Waals surface area contributed by atoms with E-state index in [0.717, 1.165) is 23.8 Å². The Hall–Kier alpha value is -2.45. The molecule has 3 rings (SSSR count). The molecule has 0 radical (unpaired) electrons. The van der Waals surface area contributed by atoms with Crippen LogP contribution in [0.4, 0.5) is 18.9 Å². The standard InChI is InChI=1S/C19H17ClF3NO4/c1-26-6-7-27-16-4-2-12(19(21,22)23)10-14(16)24-18(25)17-9-11-8-13(20)3-5-15(11)28-17/h2-5,8,10,17H,6-7,9H2,1H3,(H,24,25). The van der Waals surface area contributed by atoms with Crippen LogP contribution < -0.4 is 14.8 Å². The van der Waals surface area contributed by atoms with Crippen LogP contribution in [0.2, 0.25) is 5.02 Å². The predicted molar refractivity (Wildman–Crippen MR) is 97.0 cm³/mol. The third-order valence-corrected chi connectivity index (χ3v) is 4.33. The summed E-state index contributed by atoms with van der Waals surface area (Å²) >= 11 is 5.93. The summed E-state index contributed by atoms with van der Waals surface area (Å²) in [7, 11) is 1.47. The fourth-order valence-corrected chi connectivity index (χ4v) is 2.94. The van der Waals surface area contributed by atoms with E-state index in [-0.39, 0.29) is 31.1 Å². The molecule has 5 nitrogen and oxygen atoms in total. The highest BCUT2D eigenvalue weighted by Gasteiger charge is 2.33. The van der Waals surface area contributed by atoms with Crippen LogP contribution in [0, 0.1) is 0 Å². The highest BCUT2D eigenvalue weighted by molar-refractivity contribution is 6.30. The number of carbonyl (C=O) groups excluding carboxylic acids is 1. The lowest BCUT2D eigenvalue weighted by Crippen LogP contribution is -2.31. The Morgan fingerprint density at radius 2 is 2.04 bits per heavy atom. The van der Waals surface area contributed by atoms with Gasteiger partial charge in [0.1, 0.15) is 18.1 Å². The molecular formula is C19H17ClF3NO4. The van der Waals surface area contributed by atoms with Crippen LogP contribution in [-0.4, -0.2) is 32.3 Å². The van der Waals surface area contributed by atoms with Gasteiger partial charge in [0, 0.05) is 18.6 Å². The number of fused-ring (bicyclic) bond motifs is 1. The Labute approximate surface area is 164 Å². The number of amides is 1. The summed E-state index contributed by atoms with van der Waals surface area (Å²) in [6.45, 7) is 0.366. The lowest BCUT2D eigenvalue weighted by molar-refractivity contribution is -0.137. The van der Waals surface area contributed by atoms with Gasteiger partial charge in [-0.1, -0.05) is 11.6 Å². The zero-order valence-corrected chi connectivity index (χ0v) is 15.6. The summed E-state index contributed by atoms with van der Waals surface area (Å²) in [4.78, 5) is 12.6. The van der Waals surface area contributed by atoms with Crippen LogP contribution in [0.15, 0.2) is 36.4 Å². The van der Waals surface area contributed by atoms with E-state index in [2.05, 4.69) is 5.32 Å². The Balaban J connectivity index is 1.78. The summed E-state index contributed by atoms with van der Waals surface area (Å²) in [6, 6.07) is 7.86. The minimum Gasteiger partial charge on any atom is -0.489 e. The molecule has 1 amide bonds. The number of anilines is 1. The third kappa shape index (κ3) is 4.69. The Bertz CT molecular complexity index is 873. The number of nitrogens with one attached hydrogen (secondary N) is 1. The van der Waals surface area contributed by atoms with Crippen molar-refractivity contribution in [3.05, 3.63) is 52.5 Å². The van der Waals surface area contributed by atoms with Gasteiger partial charge in [-0.2, -0.15) is 13.2 Å². The van der Waals surface area contributed by atoms with Gasteiger partial charge in [-0.15, -0.1) is 0 Å². The number of halogens is 4. The maximum Gasteiger partial charge on any atom is 0.416 e. The summed E-state index contributed by atoms with van der Waals surface area (Å²) in [5.41, 5.74) is -0.230. The first-order chi connectivity index (χ1) is 13.3. The predicted octanol–water partition coefficient (Wildman–Crippen LogP) is 4.33. The van der Waals surface area contributed by atoms with Gasteiger partial charge >= 0.3 is 6.18 Å².